The van der Waals surface area contributed by atoms with Crippen LogP contribution in [-0.2, 0) is 10.0 Å². The van der Waals surface area contributed by atoms with Crippen LogP contribution in [-0.4, -0.2) is 20.9 Å². The maximum atomic E-state index is 14.5. The Morgan fingerprint density at radius 3 is 2.26 bits per heavy atom. The van der Waals surface area contributed by atoms with Gasteiger partial charge in [-0.3, -0.25) is 9.10 Å². The first-order valence-corrected chi connectivity index (χ1v) is 10.4. The number of carbonyl (C=O) groups is 1. The van der Waals surface area contributed by atoms with Crippen LogP contribution in [0.3, 0.4) is 0 Å². The Morgan fingerprint density at radius 2 is 1.61 bits per heavy atom. The van der Waals surface area contributed by atoms with Gasteiger partial charge in [0.2, 0.25) is 0 Å². The highest BCUT2D eigenvalue weighted by atomic mass is 32.2. The largest absolute Gasteiger partial charge is 0.322 e. The number of nitrogens with zero attached hydrogens (tertiary/aromatic N) is 1. The van der Waals surface area contributed by atoms with Crippen LogP contribution in [0.1, 0.15) is 10.4 Å². The van der Waals surface area contributed by atoms with Crippen LogP contribution in [0.4, 0.5) is 24.5 Å². The number of hydrogen-bond acceptors (Lipinski definition) is 3. The van der Waals surface area contributed by atoms with Crippen molar-refractivity contribution < 1.29 is 26.4 Å². The summed E-state index contributed by atoms with van der Waals surface area (Å²) in [6.07, 6.45) is 1.35. The molecule has 3 aromatic rings. The van der Waals surface area contributed by atoms with Crippen LogP contribution in [0, 0.1) is 17.5 Å². The minimum Gasteiger partial charge on any atom is -0.322 e. The van der Waals surface area contributed by atoms with Crippen molar-refractivity contribution in [3.05, 3.63) is 102 Å². The normalized spacial score (nSPS) is 11.1. The van der Waals surface area contributed by atoms with Crippen LogP contribution < -0.4 is 9.62 Å². The summed E-state index contributed by atoms with van der Waals surface area (Å²) in [4.78, 5) is 11.8. The lowest BCUT2D eigenvalue weighted by Gasteiger charge is -2.23. The van der Waals surface area contributed by atoms with Gasteiger partial charge in [0.05, 0.1) is 12.2 Å². The van der Waals surface area contributed by atoms with Gasteiger partial charge in [0.1, 0.15) is 10.7 Å². The number of halogens is 3. The first kappa shape index (κ1) is 22.1. The number of anilines is 2. The van der Waals surface area contributed by atoms with Crippen molar-refractivity contribution in [3.8, 4) is 0 Å². The van der Waals surface area contributed by atoms with E-state index in [1.165, 1.54) is 6.08 Å². The second-order valence-corrected chi connectivity index (χ2v) is 8.22. The summed E-state index contributed by atoms with van der Waals surface area (Å²) in [6, 6.07) is 13.6. The molecular formula is C22H17F3N2O3S. The SMILES string of the molecule is C=CCN(c1ccccc1)S(=O)(=O)c1cc(C(=O)Nc2ccc(F)c(F)c2)ccc1F. The maximum absolute atomic E-state index is 14.5. The molecule has 0 unspecified atom stereocenters. The van der Waals surface area contributed by atoms with Gasteiger partial charge in [-0.15, -0.1) is 6.58 Å². The van der Waals surface area contributed by atoms with Crippen molar-refractivity contribution >= 4 is 27.3 Å². The fourth-order valence-electron chi connectivity index (χ4n) is 2.79. The molecule has 0 heterocycles. The Hall–Kier alpha value is -3.59. The summed E-state index contributed by atoms with van der Waals surface area (Å²) >= 11 is 0. The monoisotopic (exact) mass is 446 g/mol. The molecule has 0 aliphatic heterocycles. The molecule has 9 heteroatoms. The average Bonchev–Trinajstić information content (AvgIpc) is 2.75. The zero-order valence-corrected chi connectivity index (χ0v) is 16.9. The zero-order valence-electron chi connectivity index (χ0n) is 16.1. The van der Waals surface area contributed by atoms with Gasteiger partial charge in [0.15, 0.2) is 11.6 Å². The van der Waals surface area contributed by atoms with Crippen LogP contribution >= 0.6 is 0 Å². The van der Waals surface area contributed by atoms with E-state index in [4.69, 9.17) is 0 Å². The molecule has 5 nitrogen and oxygen atoms in total. The topological polar surface area (TPSA) is 66.5 Å². The molecule has 0 fully saturated rings. The second kappa shape index (κ2) is 9.05. The van der Waals surface area contributed by atoms with Gasteiger partial charge in [-0.1, -0.05) is 24.3 Å². The Bertz CT molecular complexity index is 1230. The number of nitrogens with one attached hydrogen (secondary N) is 1. The van der Waals surface area contributed by atoms with Gasteiger partial charge >= 0.3 is 0 Å². The summed E-state index contributed by atoms with van der Waals surface area (Å²) in [5.74, 6) is -4.12. The lowest BCUT2D eigenvalue weighted by Crippen LogP contribution is -2.32. The molecule has 0 radical (unpaired) electrons. The molecule has 0 aliphatic rings. The average molecular weight is 446 g/mol. The molecule has 0 bridgehead atoms. The molecular weight excluding hydrogens is 429 g/mol. The van der Waals surface area contributed by atoms with Gasteiger partial charge in [0.25, 0.3) is 15.9 Å². The smallest absolute Gasteiger partial charge is 0.267 e. The lowest BCUT2D eigenvalue weighted by atomic mass is 10.2. The standard InChI is InChI=1S/C22H17F3N2O3S/c1-2-12-27(17-6-4-3-5-7-17)31(29,30)21-13-15(8-10-19(21)24)22(28)26-16-9-11-18(23)20(25)14-16/h2-11,13-14H,1,12H2,(H,26,28). The molecule has 0 saturated heterocycles. The molecule has 3 aromatic carbocycles. The van der Waals surface area contributed by atoms with Crippen molar-refractivity contribution in [2.24, 2.45) is 0 Å². The quantitative estimate of drug-likeness (QED) is 0.534. The molecule has 160 valence electrons. The van der Waals surface area contributed by atoms with E-state index in [1.807, 2.05) is 0 Å². The minimum atomic E-state index is -4.39. The lowest BCUT2D eigenvalue weighted by molar-refractivity contribution is 0.102. The van der Waals surface area contributed by atoms with Gasteiger partial charge in [-0.2, -0.15) is 0 Å². The predicted molar refractivity (Wildman–Crippen MR) is 112 cm³/mol. The van der Waals surface area contributed by atoms with Crippen molar-refractivity contribution in [1.82, 2.24) is 0 Å². The third-order valence-corrected chi connectivity index (χ3v) is 6.09. The van der Waals surface area contributed by atoms with Crippen LogP contribution in [0.25, 0.3) is 0 Å². The molecule has 0 saturated carbocycles. The molecule has 0 aromatic heterocycles. The summed E-state index contributed by atoms with van der Waals surface area (Å²) in [5.41, 5.74) is 0.0602. The molecule has 3 rings (SSSR count). The number of rotatable bonds is 7. The first-order valence-electron chi connectivity index (χ1n) is 8.98. The summed E-state index contributed by atoms with van der Waals surface area (Å²) in [7, 11) is -4.39. The van der Waals surface area contributed by atoms with Crippen LogP contribution in [0.15, 0.2) is 84.3 Å². The zero-order chi connectivity index (χ0) is 22.6. The Labute approximate surface area is 177 Å². The van der Waals surface area contributed by atoms with Crippen LogP contribution in [0.2, 0.25) is 0 Å². The van der Waals surface area contributed by atoms with Crippen molar-refractivity contribution in [2.75, 3.05) is 16.2 Å². The predicted octanol–water partition coefficient (Wildman–Crippen LogP) is 4.74. The van der Waals surface area contributed by atoms with Gasteiger partial charge in [0, 0.05) is 17.3 Å². The van der Waals surface area contributed by atoms with E-state index in [1.54, 1.807) is 30.3 Å². The number of benzene rings is 3. The molecule has 0 spiro atoms. The molecule has 0 atom stereocenters. The maximum Gasteiger partial charge on any atom is 0.267 e. The minimum absolute atomic E-state index is 0.0461. The summed E-state index contributed by atoms with van der Waals surface area (Å²) in [6.45, 7) is 3.41. The van der Waals surface area contributed by atoms with E-state index < -0.39 is 38.3 Å². The number of carbonyl (C=O) groups excluding carboxylic acids is 1. The number of amides is 1. The van der Waals surface area contributed by atoms with Crippen molar-refractivity contribution in [3.63, 3.8) is 0 Å². The summed E-state index contributed by atoms with van der Waals surface area (Å²) < 4.78 is 68.2. The van der Waals surface area contributed by atoms with E-state index in [0.717, 1.165) is 40.7 Å². The molecule has 31 heavy (non-hydrogen) atoms. The van der Waals surface area contributed by atoms with Gasteiger partial charge in [-0.25, -0.2) is 21.6 Å². The fourth-order valence-corrected chi connectivity index (χ4v) is 4.32. The van der Waals surface area contributed by atoms with E-state index in [-0.39, 0.29) is 17.8 Å². The summed E-state index contributed by atoms with van der Waals surface area (Å²) in [5, 5.41) is 2.32. The fraction of sp³-hybridized carbons (Fsp3) is 0.0455. The van der Waals surface area contributed by atoms with E-state index in [0.29, 0.717) is 5.69 Å². The van der Waals surface area contributed by atoms with Crippen molar-refractivity contribution in [2.45, 2.75) is 4.90 Å². The third kappa shape index (κ3) is 4.77. The van der Waals surface area contributed by atoms with Gasteiger partial charge in [-0.05, 0) is 42.5 Å². The number of para-hydroxylation sites is 1. The Balaban J connectivity index is 1.98. The molecule has 1 N–H and O–H groups in total. The molecule has 1 amide bonds. The Kier molecular flexibility index (Phi) is 6.45. The first-order chi connectivity index (χ1) is 14.7. The highest BCUT2D eigenvalue weighted by Crippen LogP contribution is 2.26. The van der Waals surface area contributed by atoms with E-state index >= 15 is 0 Å². The number of sulfonamides is 1. The van der Waals surface area contributed by atoms with E-state index in [2.05, 4.69) is 11.9 Å². The van der Waals surface area contributed by atoms with Crippen molar-refractivity contribution in [1.29, 1.82) is 0 Å². The third-order valence-electron chi connectivity index (χ3n) is 4.28. The number of hydrogen-bond donors (Lipinski definition) is 1. The second-order valence-electron chi connectivity index (χ2n) is 6.39. The van der Waals surface area contributed by atoms with Crippen LogP contribution in [0.5, 0.6) is 0 Å². The Morgan fingerprint density at radius 1 is 0.935 bits per heavy atom. The highest BCUT2D eigenvalue weighted by molar-refractivity contribution is 7.92. The van der Waals surface area contributed by atoms with E-state index in [9.17, 15) is 26.4 Å². The van der Waals surface area contributed by atoms with Gasteiger partial charge < -0.3 is 5.32 Å². The highest BCUT2D eigenvalue weighted by Gasteiger charge is 2.28. The molecule has 0 aliphatic carbocycles.